The molecule has 1 atom stereocenters. The highest BCUT2D eigenvalue weighted by Crippen LogP contribution is 2.34. The van der Waals surface area contributed by atoms with Crippen molar-refractivity contribution in [3.05, 3.63) is 34.1 Å². The van der Waals surface area contributed by atoms with Gasteiger partial charge in [-0.25, -0.2) is 4.98 Å². The molecule has 3 aromatic rings. The molecule has 4 rings (SSSR count). The van der Waals surface area contributed by atoms with Gasteiger partial charge in [0.1, 0.15) is 16.6 Å². The van der Waals surface area contributed by atoms with E-state index in [1.165, 1.54) is 16.2 Å². The van der Waals surface area contributed by atoms with Crippen molar-refractivity contribution < 1.29 is 13.2 Å². The Bertz CT molecular complexity index is 1010. The number of hydrogen-bond donors (Lipinski definition) is 2. The highest BCUT2D eigenvalue weighted by atomic mass is 32.1. The number of hydrogen-bond acceptors (Lipinski definition) is 5. The fraction of sp³-hybridized carbons (Fsp3) is 0.438. The molecule has 0 saturated carbocycles. The van der Waals surface area contributed by atoms with E-state index in [1.807, 2.05) is 6.92 Å². The molecule has 2 N–H and O–H groups in total. The Hall–Kier alpha value is -2.20. The van der Waals surface area contributed by atoms with Crippen LogP contribution in [-0.4, -0.2) is 43.8 Å². The molecule has 1 unspecified atom stereocenters. The van der Waals surface area contributed by atoms with Crippen molar-refractivity contribution in [3.63, 3.8) is 0 Å². The van der Waals surface area contributed by atoms with E-state index in [0.29, 0.717) is 23.2 Å². The maximum absolute atomic E-state index is 13.1. The van der Waals surface area contributed by atoms with E-state index in [2.05, 4.69) is 20.2 Å². The van der Waals surface area contributed by atoms with Crippen molar-refractivity contribution in [2.75, 3.05) is 6.54 Å². The normalized spacial score (nSPS) is 18.8. The minimum absolute atomic E-state index is 0.0225. The van der Waals surface area contributed by atoms with Crippen molar-refractivity contribution in [1.82, 2.24) is 25.1 Å². The van der Waals surface area contributed by atoms with E-state index in [4.69, 9.17) is 0 Å². The van der Waals surface area contributed by atoms with E-state index in [1.54, 1.807) is 12.3 Å². The van der Waals surface area contributed by atoms with E-state index in [0.717, 1.165) is 16.1 Å². The Morgan fingerprint density at radius 2 is 2.23 bits per heavy atom. The molecule has 0 radical (unpaired) electrons. The van der Waals surface area contributed by atoms with Crippen LogP contribution in [0.2, 0.25) is 0 Å². The molecule has 1 fully saturated rings. The molecule has 0 aromatic carbocycles. The van der Waals surface area contributed by atoms with Gasteiger partial charge in [-0.3, -0.25) is 14.8 Å². The van der Waals surface area contributed by atoms with Crippen LogP contribution < -0.4 is 5.56 Å². The number of nitrogens with one attached hydrogen (secondary N) is 2. The van der Waals surface area contributed by atoms with Gasteiger partial charge < -0.3 is 4.98 Å². The molecule has 138 valence electrons. The smallest absolute Gasteiger partial charge is 0.308 e. The third-order valence-corrected chi connectivity index (χ3v) is 5.78. The Morgan fingerprint density at radius 1 is 1.42 bits per heavy atom. The zero-order valence-corrected chi connectivity index (χ0v) is 14.7. The SMILES string of the molecule is Cc1[nH]ncc1-c1cc2nc(CN3CCCC3C(F)(F)F)[nH]c(=O)c2s1. The second-order valence-electron chi connectivity index (χ2n) is 6.42. The van der Waals surface area contributed by atoms with Crippen LogP contribution in [0.25, 0.3) is 20.7 Å². The molecule has 4 heterocycles. The standard InChI is InChI=1S/C16H16F3N5OS/c1-8-9(6-20-23-8)11-5-10-14(26-11)15(25)22-13(21-10)7-24-4-2-3-12(24)16(17,18)19/h5-6,12H,2-4,7H2,1H3,(H,20,23)(H,21,22,25). The summed E-state index contributed by atoms with van der Waals surface area (Å²) in [5.74, 6) is 0.256. The Labute approximate surface area is 150 Å². The largest absolute Gasteiger partial charge is 0.404 e. The lowest BCUT2D eigenvalue weighted by Crippen LogP contribution is -2.41. The van der Waals surface area contributed by atoms with Crippen LogP contribution in [0.4, 0.5) is 13.2 Å². The van der Waals surface area contributed by atoms with Gasteiger partial charge in [-0.2, -0.15) is 18.3 Å². The predicted molar refractivity (Wildman–Crippen MR) is 92.0 cm³/mol. The minimum atomic E-state index is -4.27. The minimum Gasteiger partial charge on any atom is -0.308 e. The number of halogens is 3. The number of rotatable bonds is 3. The van der Waals surface area contributed by atoms with Crippen LogP contribution in [0.1, 0.15) is 24.4 Å². The number of thiophene rings is 1. The third kappa shape index (κ3) is 3.03. The summed E-state index contributed by atoms with van der Waals surface area (Å²) in [4.78, 5) is 21.6. The van der Waals surface area contributed by atoms with E-state index >= 15 is 0 Å². The van der Waals surface area contributed by atoms with Gasteiger partial charge in [0.2, 0.25) is 0 Å². The molecule has 0 spiro atoms. The molecule has 1 aliphatic heterocycles. The first-order valence-corrected chi connectivity index (χ1v) is 8.98. The van der Waals surface area contributed by atoms with Crippen molar-refractivity contribution in [2.24, 2.45) is 0 Å². The fourth-order valence-corrected chi connectivity index (χ4v) is 4.43. The first-order valence-electron chi connectivity index (χ1n) is 8.17. The first-order chi connectivity index (χ1) is 12.3. The van der Waals surface area contributed by atoms with Crippen LogP contribution in [0, 0.1) is 6.92 Å². The molecule has 1 aliphatic rings. The van der Waals surface area contributed by atoms with Gasteiger partial charge in [0.25, 0.3) is 5.56 Å². The lowest BCUT2D eigenvalue weighted by molar-refractivity contribution is -0.177. The number of nitrogens with zero attached hydrogens (tertiary/aromatic N) is 3. The number of aryl methyl sites for hydroxylation is 1. The highest BCUT2D eigenvalue weighted by molar-refractivity contribution is 7.22. The number of alkyl halides is 3. The molecule has 0 bridgehead atoms. The van der Waals surface area contributed by atoms with Gasteiger partial charge in [0, 0.05) is 16.1 Å². The zero-order valence-electron chi connectivity index (χ0n) is 13.9. The van der Waals surface area contributed by atoms with E-state index in [9.17, 15) is 18.0 Å². The Morgan fingerprint density at radius 3 is 2.92 bits per heavy atom. The summed E-state index contributed by atoms with van der Waals surface area (Å²) in [5.41, 5.74) is 1.92. The predicted octanol–water partition coefficient (Wildman–Crippen LogP) is 3.21. The molecule has 10 heteroatoms. The van der Waals surface area contributed by atoms with E-state index in [-0.39, 0.29) is 24.3 Å². The first kappa shape index (κ1) is 17.2. The molecular formula is C16H16F3N5OS. The summed E-state index contributed by atoms with van der Waals surface area (Å²) >= 11 is 1.29. The van der Waals surface area contributed by atoms with E-state index < -0.39 is 12.2 Å². The molecule has 0 amide bonds. The van der Waals surface area contributed by atoms with Crippen molar-refractivity contribution in [1.29, 1.82) is 0 Å². The number of likely N-dealkylation sites (tertiary alicyclic amines) is 1. The third-order valence-electron chi connectivity index (χ3n) is 4.62. The molecule has 1 saturated heterocycles. The Balaban J connectivity index is 1.67. The second-order valence-corrected chi connectivity index (χ2v) is 7.47. The average molecular weight is 383 g/mol. The van der Waals surface area contributed by atoms with Crippen LogP contribution >= 0.6 is 11.3 Å². The summed E-state index contributed by atoms with van der Waals surface area (Å²) in [6.07, 6.45) is -2.03. The van der Waals surface area contributed by atoms with Crippen LogP contribution in [0.15, 0.2) is 17.1 Å². The van der Waals surface area contributed by atoms with Gasteiger partial charge in [-0.15, -0.1) is 11.3 Å². The maximum Gasteiger partial charge on any atom is 0.404 e. The molecule has 3 aromatic heterocycles. The maximum atomic E-state index is 13.1. The van der Waals surface area contributed by atoms with Gasteiger partial charge >= 0.3 is 6.18 Å². The number of fused-ring (bicyclic) bond motifs is 1. The average Bonchev–Trinajstić information content (AvgIpc) is 3.25. The second kappa shape index (κ2) is 6.20. The van der Waals surface area contributed by atoms with Crippen molar-refractivity contribution >= 4 is 21.6 Å². The fourth-order valence-electron chi connectivity index (χ4n) is 3.37. The van der Waals surface area contributed by atoms with Gasteiger partial charge in [0.15, 0.2) is 0 Å². The number of H-pyrrole nitrogens is 2. The summed E-state index contributed by atoms with van der Waals surface area (Å²) in [7, 11) is 0. The van der Waals surface area contributed by atoms with Gasteiger partial charge in [0.05, 0.1) is 18.3 Å². The van der Waals surface area contributed by atoms with Crippen molar-refractivity contribution in [3.8, 4) is 10.4 Å². The van der Waals surface area contributed by atoms with Gasteiger partial charge in [-0.1, -0.05) is 0 Å². The summed E-state index contributed by atoms with van der Waals surface area (Å²) in [6.45, 7) is 2.20. The topological polar surface area (TPSA) is 77.7 Å². The monoisotopic (exact) mass is 383 g/mol. The summed E-state index contributed by atoms with van der Waals surface area (Å²) < 4.78 is 39.8. The summed E-state index contributed by atoms with van der Waals surface area (Å²) in [5, 5.41) is 6.81. The lowest BCUT2D eigenvalue weighted by atomic mass is 10.2. The van der Waals surface area contributed by atoms with Crippen LogP contribution in [-0.2, 0) is 6.54 Å². The van der Waals surface area contributed by atoms with Crippen LogP contribution in [0.5, 0.6) is 0 Å². The van der Waals surface area contributed by atoms with Crippen molar-refractivity contribution in [2.45, 2.75) is 38.5 Å². The quantitative estimate of drug-likeness (QED) is 0.728. The van der Waals surface area contributed by atoms with Crippen LogP contribution in [0.3, 0.4) is 0 Å². The molecule has 6 nitrogen and oxygen atoms in total. The molecular weight excluding hydrogens is 367 g/mol. The zero-order chi connectivity index (χ0) is 18.5. The molecule has 0 aliphatic carbocycles. The Kier molecular flexibility index (Phi) is 4.11. The number of aromatic amines is 2. The highest BCUT2D eigenvalue weighted by Gasteiger charge is 2.45. The lowest BCUT2D eigenvalue weighted by Gasteiger charge is -2.25. The molecule has 26 heavy (non-hydrogen) atoms. The number of aromatic nitrogens is 4. The summed E-state index contributed by atoms with van der Waals surface area (Å²) in [6, 6.07) is 0.303. The van der Waals surface area contributed by atoms with Gasteiger partial charge in [-0.05, 0) is 32.4 Å².